The van der Waals surface area contributed by atoms with Crippen molar-refractivity contribution in [3.05, 3.63) is 40.9 Å². The second-order valence-corrected chi connectivity index (χ2v) is 6.33. The maximum Gasteiger partial charge on any atom is 0.230 e. The summed E-state index contributed by atoms with van der Waals surface area (Å²) in [5.41, 5.74) is 0.962. The molecule has 0 unspecified atom stereocenters. The van der Waals surface area contributed by atoms with E-state index in [9.17, 15) is 4.79 Å². The lowest BCUT2D eigenvalue weighted by Gasteiger charge is -2.23. The highest BCUT2D eigenvalue weighted by atomic mass is 32.1. The fourth-order valence-electron chi connectivity index (χ4n) is 2.32. The van der Waals surface area contributed by atoms with Gasteiger partial charge in [0.1, 0.15) is 5.75 Å². The van der Waals surface area contributed by atoms with Crippen molar-refractivity contribution in [2.45, 2.75) is 31.6 Å². The van der Waals surface area contributed by atoms with E-state index in [-0.39, 0.29) is 5.91 Å². The highest BCUT2D eigenvalue weighted by molar-refractivity contribution is 7.15. The number of thiazole rings is 1. The number of carbonyl (C=O) groups is 1. The molecule has 1 saturated carbocycles. The number of hydrogen-bond donors (Lipinski definition) is 1. The molecule has 0 aliphatic heterocycles. The summed E-state index contributed by atoms with van der Waals surface area (Å²) < 4.78 is 5.10. The highest BCUT2D eigenvalue weighted by Crippen LogP contribution is 2.39. The zero-order chi connectivity index (χ0) is 14.7. The van der Waals surface area contributed by atoms with Gasteiger partial charge in [0.25, 0.3) is 0 Å². The van der Waals surface area contributed by atoms with Gasteiger partial charge in [-0.2, -0.15) is 0 Å². The largest absolute Gasteiger partial charge is 0.497 e. The second kappa shape index (κ2) is 6.26. The Kier molecular flexibility index (Phi) is 4.20. The first-order valence-electron chi connectivity index (χ1n) is 7.13. The van der Waals surface area contributed by atoms with Crippen LogP contribution >= 0.6 is 11.3 Å². The Bertz CT molecular complexity index is 617. The fraction of sp³-hybridized carbons (Fsp3) is 0.375. The van der Waals surface area contributed by atoms with Crippen LogP contribution in [0.25, 0.3) is 0 Å². The van der Waals surface area contributed by atoms with E-state index in [0.717, 1.165) is 11.3 Å². The smallest absolute Gasteiger partial charge is 0.230 e. The number of amides is 1. The molecule has 1 aliphatic carbocycles. The van der Waals surface area contributed by atoms with E-state index in [0.29, 0.717) is 17.5 Å². The van der Waals surface area contributed by atoms with Gasteiger partial charge in [0, 0.05) is 11.1 Å². The van der Waals surface area contributed by atoms with E-state index in [1.54, 1.807) is 18.4 Å². The number of carbonyl (C=O) groups excluding carboxylic acids is 1. The molecule has 5 heteroatoms. The Hall–Kier alpha value is -1.88. The molecule has 1 heterocycles. The Labute approximate surface area is 128 Å². The van der Waals surface area contributed by atoms with E-state index in [1.807, 2.05) is 30.5 Å². The van der Waals surface area contributed by atoms with Gasteiger partial charge in [0.05, 0.1) is 13.5 Å². The molecule has 4 nitrogen and oxygen atoms in total. The van der Waals surface area contributed by atoms with Crippen molar-refractivity contribution < 1.29 is 9.53 Å². The summed E-state index contributed by atoms with van der Waals surface area (Å²) >= 11 is 1.60. The normalized spacial score (nSPS) is 14.5. The lowest BCUT2D eigenvalue weighted by Crippen LogP contribution is -2.14. The molecule has 1 aromatic carbocycles. The Morgan fingerprint density at radius 3 is 2.76 bits per heavy atom. The van der Waals surface area contributed by atoms with Crippen molar-refractivity contribution in [2.75, 3.05) is 12.4 Å². The molecule has 0 spiro atoms. The first-order chi connectivity index (χ1) is 10.2. The van der Waals surface area contributed by atoms with Gasteiger partial charge >= 0.3 is 0 Å². The molecule has 1 amide bonds. The van der Waals surface area contributed by atoms with Crippen molar-refractivity contribution in [2.24, 2.45) is 0 Å². The van der Waals surface area contributed by atoms with Gasteiger partial charge in [0.15, 0.2) is 5.13 Å². The quantitative estimate of drug-likeness (QED) is 0.918. The minimum absolute atomic E-state index is 0.0327. The Morgan fingerprint density at radius 2 is 2.14 bits per heavy atom. The SMILES string of the molecule is COc1ccc(CC(=O)Nc2ncc(C3CCC3)s2)cc1. The molecule has 1 N–H and O–H groups in total. The molecule has 1 aliphatic rings. The monoisotopic (exact) mass is 302 g/mol. The van der Waals surface area contributed by atoms with Crippen molar-refractivity contribution >= 4 is 22.4 Å². The minimum atomic E-state index is -0.0327. The maximum atomic E-state index is 12.0. The van der Waals surface area contributed by atoms with Gasteiger partial charge in [0.2, 0.25) is 5.91 Å². The Balaban J connectivity index is 1.56. The van der Waals surface area contributed by atoms with Crippen LogP contribution < -0.4 is 10.1 Å². The summed E-state index contributed by atoms with van der Waals surface area (Å²) in [6.45, 7) is 0. The average molecular weight is 302 g/mol. The van der Waals surface area contributed by atoms with E-state index in [2.05, 4.69) is 10.3 Å². The van der Waals surface area contributed by atoms with Gasteiger partial charge in [-0.1, -0.05) is 18.6 Å². The molecule has 110 valence electrons. The molecule has 0 atom stereocenters. The van der Waals surface area contributed by atoms with Crippen LogP contribution in [0.2, 0.25) is 0 Å². The summed E-state index contributed by atoms with van der Waals surface area (Å²) in [6, 6.07) is 7.53. The predicted octanol–water partition coefficient (Wildman–Crippen LogP) is 3.60. The van der Waals surface area contributed by atoms with Gasteiger partial charge in [-0.25, -0.2) is 4.98 Å². The predicted molar refractivity (Wildman–Crippen MR) is 84.0 cm³/mol. The zero-order valence-electron chi connectivity index (χ0n) is 12.0. The lowest BCUT2D eigenvalue weighted by atomic mass is 9.85. The molecule has 1 aromatic heterocycles. The van der Waals surface area contributed by atoms with Gasteiger partial charge in [-0.3, -0.25) is 4.79 Å². The highest BCUT2D eigenvalue weighted by Gasteiger charge is 2.22. The standard InChI is InChI=1S/C16H18N2O2S/c1-20-13-7-5-11(6-8-13)9-15(19)18-16-17-10-14(21-16)12-3-2-4-12/h5-8,10,12H,2-4,9H2,1H3,(H,17,18,19). The molecule has 0 radical (unpaired) electrons. The first kappa shape index (κ1) is 14.1. The van der Waals surface area contributed by atoms with E-state index in [4.69, 9.17) is 4.74 Å². The number of nitrogens with zero attached hydrogens (tertiary/aromatic N) is 1. The molecule has 0 saturated heterocycles. The van der Waals surface area contributed by atoms with Crippen molar-refractivity contribution in [1.29, 1.82) is 0 Å². The van der Waals surface area contributed by atoms with E-state index in [1.165, 1.54) is 24.1 Å². The Morgan fingerprint density at radius 1 is 1.38 bits per heavy atom. The first-order valence-corrected chi connectivity index (χ1v) is 7.95. The lowest BCUT2D eigenvalue weighted by molar-refractivity contribution is -0.115. The molecular formula is C16H18N2O2S. The minimum Gasteiger partial charge on any atom is -0.497 e. The zero-order valence-corrected chi connectivity index (χ0v) is 12.8. The number of nitrogens with one attached hydrogen (secondary N) is 1. The third-order valence-electron chi connectivity index (χ3n) is 3.80. The summed E-state index contributed by atoms with van der Waals surface area (Å²) in [4.78, 5) is 17.6. The van der Waals surface area contributed by atoms with Crippen LogP contribution in [0, 0.1) is 0 Å². The van der Waals surface area contributed by atoms with Gasteiger partial charge in [-0.05, 0) is 36.5 Å². The van der Waals surface area contributed by atoms with Crippen molar-refractivity contribution in [1.82, 2.24) is 4.98 Å². The van der Waals surface area contributed by atoms with Gasteiger partial charge in [-0.15, -0.1) is 11.3 Å². The summed E-state index contributed by atoms with van der Waals surface area (Å²) in [6.07, 6.45) is 6.06. The third kappa shape index (κ3) is 3.42. The van der Waals surface area contributed by atoms with Crippen molar-refractivity contribution in [3.63, 3.8) is 0 Å². The van der Waals surface area contributed by atoms with E-state index < -0.39 is 0 Å². The average Bonchev–Trinajstić information content (AvgIpc) is 2.85. The number of hydrogen-bond acceptors (Lipinski definition) is 4. The molecule has 0 bridgehead atoms. The third-order valence-corrected chi connectivity index (χ3v) is 4.88. The number of benzene rings is 1. The summed E-state index contributed by atoms with van der Waals surface area (Å²) in [5, 5.41) is 3.58. The second-order valence-electron chi connectivity index (χ2n) is 5.27. The van der Waals surface area contributed by atoms with E-state index >= 15 is 0 Å². The van der Waals surface area contributed by atoms with Crippen LogP contribution in [0.4, 0.5) is 5.13 Å². The molecule has 3 rings (SSSR count). The molecular weight excluding hydrogens is 284 g/mol. The fourth-order valence-corrected chi connectivity index (χ4v) is 3.32. The van der Waals surface area contributed by atoms with Crippen LogP contribution in [-0.4, -0.2) is 18.0 Å². The van der Waals surface area contributed by atoms with Crippen LogP contribution in [0.3, 0.4) is 0 Å². The molecule has 21 heavy (non-hydrogen) atoms. The molecule has 1 fully saturated rings. The van der Waals surface area contributed by atoms with Crippen molar-refractivity contribution in [3.8, 4) is 5.75 Å². The maximum absolute atomic E-state index is 12.0. The summed E-state index contributed by atoms with van der Waals surface area (Å²) in [7, 11) is 1.63. The van der Waals surface area contributed by atoms with Crippen LogP contribution in [-0.2, 0) is 11.2 Å². The van der Waals surface area contributed by atoms with Crippen LogP contribution in [0.5, 0.6) is 5.75 Å². The number of anilines is 1. The number of aromatic nitrogens is 1. The summed E-state index contributed by atoms with van der Waals surface area (Å²) in [5.74, 6) is 1.42. The topological polar surface area (TPSA) is 51.2 Å². The van der Waals surface area contributed by atoms with Crippen LogP contribution in [0.1, 0.15) is 35.6 Å². The number of methoxy groups -OCH3 is 1. The number of rotatable bonds is 5. The molecule has 2 aromatic rings. The van der Waals surface area contributed by atoms with Gasteiger partial charge < -0.3 is 10.1 Å². The van der Waals surface area contributed by atoms with Crippen LogP contribution in [0.15, 0.2) is 30.5 Å². The number of ether oxygens (including phenoxy) is 1.